The summed E-state index contributed by atoms with van der Waals surface area (Å²) in [7, 11) is -2.08. The second kappa shape index (κ2) is 9.71. The topological polar surface area (TPSA) is 100 Å². The van der Waals surface area contributed by atoms with E-state index in [1.807, 2.05) is 13.0 Å². The number of carbonyl (C=O) groups is 1. The van der Waals surface area contributed by atoms with E-state index in [9.17, 15) is 13.2 Å². The van der Waals surface area contributed by atoms with Crippen molar-refractivity contribution in [2.45, 2.75) is 24.8 Å². The van der Waals surface area contributed by atoms with Crippen LogP contribution in [0, 0.1) is 0 Å². The van der Waals surface area contributed by atoms with Crippen LogP contribution in [0.25, 0.3) is 0 Å². The number of sulfone groups is 1. The Hall–Kier alpha value is -2.94. The number of hydrogen-bond acceptors (Lipinski definition) is 7. The summed E-state index contributed by atoms with van der Waals surface area (Å²) >= 11 is 0. The van der Waals surface area contributed by atoms with Crippen molar-refractivity contribution < 1.29 is 32.2 Å². The molecule has 1 N–H and O–H groups in total. The van der Waals surface area contributed by atoms with Gasteiger partial charge in [0.25, 0.3) is 0 Å². The van der Waals surface area contributed by atoms with Crippen molar-refractivity contribution in [3.05, 3.63) is 42.0 Å². The number of carbonyl (C=O) groups excluding carboxylic acids is 1. The predicted molar refractivity (Wildman–Crippen MR) is 110 cm³/mol. The number of ether oxygens (including phenoxy) is 4. The molecule has 8 nitrogen and oxygen atoms in total. The molecule has 1 heterocycles. The van der Waals surface area contributed by atoms with Gasteiger partial charge < -0.3 is 24.3 Å². The first-order valence-corrected chi connectivity index (χ1v) is 11.3. The lowest BCUT2D eigenvalue weighted by Crippen LogP contribution is -2.25. The number of fused-ring (bicyclic) bond motifs is 1. The number of methoxy groups -OCH3 is 1. The summed E-state index contributed by atoms with van der Waals surface area (Å²) < 4.78 is 46.7. The minimum Gasteiger partial charge on any atom is -0.493 e. The van der Waals surface area contributed by atoms with Crippen LogP contribution in [-0.4, -0.2) is 47.0 Å². The fourth-order valence-electron chi connectivity index (χ4n) is 2.95. The Kier molecular flexibility index (Phi) is 7.04. The third kappa shape index (κ3) is 5.35. The van der Waals surface area contributed by atoms with Crippen molar-refractivity contribution in [3.8, 4) is 23.0 Å². The van der Waals surface area contributed by atoms with Crippen LogP contribution in [0.5, 0.6) is 23.0 Å². The molecular formula is C21H25NO7S. The van der Waals surface area contributed by atoms with Gasteiger partial charge in [-0.05, 0) is 36.8 Å². The van der Waals surface area contributed by atoms with Gasteiger partial charge in [-0.25, -0.2) is 8.42 Å². The Morgan fingerprint density at radius 3 is 2.57 bits per heavy atom. The maximum absolute atomic E-state index is 12.6. The molecule has 0 aromatic heterocycles. The predicted octanol–water partition coefficient (Wildman–Crippen LogP) is 2.35. The summed E-state index contributed by atoms with van der Waals surface area (Å²) in [6.07, 6.45) is -0.148. The van der Waals surface area contributed by atoms with E-state index in [-0.39, 0.29) is 29.5 Å². The van der Waals surface area contributed by atoms with Crippen molar-refractivity contribution in [3.63, 3.8) is 0 Å². The minimum atomic E-state index is -3.63. The average Bonchev–Trinajstić information content (AvgIpc) is 2.76. The van der Waals surface area contributed by atoms with Crippen LogP contribution in [-0.2, 0) is 21.2 Å². The van der Waals surface area contributed by atoms with Crippen LogP contribution in [0.2, 0.25) is 0 Å². The molecule has 9 heteroatoms. The highest BCUT2D eigenvalue weighted by atomic mass is 32.2. The van der Waals surface area contributed by atoms with Crippen LogP contribution in [0.3, 0.4) is 0 Å². The summed E-state index contributed by atoms with van der Waals surface area (Å²) in [6, 6.07) is 9.84. The Morgan fingerprint density at radius 2 is 1.83 bits per heavy atom. The van der Waals surface area contributed by atoms with Gasteiger partial charge in [0.15, 0.2) is 32.8 Å². The van der Waals surface area contributed by atoms with Gasteiger partial charge in [-0.2, -0.15) is 0 Å². The molecule has 0 spiro atoms. The lowest BCUT2D eigenvalue weighted by molar-refractivity contribution is -0.120. The standard InChI is InChI=1S/C21H25NO7S/c1-3-27-17-6-4-15(12-19(17)26-2)14-22-21(23)8-11-30(24,25)16-5-7-18-20(13-16)29-10-9-28-18/h4-7,12-13H,3,8-11,14H2,1-2H3,(H,22,23). The van der Waals surface area contributed by atoms with Crippen molar-refractivity contribution in [1.82, 2.24) is 5.32 Å². The molecule has 30 heavy (non-hydrogen) atoms. The summed E-state index contributed by atoms with van der Waals surface area (Å²) in [5.74, 6) is 1.46. The zero-order valence-corrected chi connectivity index (χ0v) is 17.8. The molecule has 0 aliphatic carbocycles. The van der Waals surface area contributed by atoms with E-state index in [0.29, 0.717) is 42.8 Å². The van der Waals surface area contributed by atoms with Crippen molar-refractivity contribution in [2.24, 2.45) is 0 Å². The van der Waals surface area contributed by atoms with Gasteiger partial charge in [-0.3, -0.25) is 4.79 Å². The summed E-state index contributed by atoms with van der Waals surface area (Å²) in [5.41, 5.74) is 0.818. The lowest BCUT2D eigenvalue weighted by atomic mass is 10.2. The molecule has 2 aromatic carbocycles. The third-order valence-corrected chi connectivity index (χ3v) is 6.20. The highest BCUT2D eigenvalue weighted by molar-refractivity contribution is 7.91. The molecule has 2 aromatic rings. The Morgan fingerprint density at radius 1 is 1.07 bits per heavy atom. The molecule has 3 rings (SSSR count). The molecule has 0 bridgehead atoms. The molecule has 0 saturated carbocycles. The molecule has 0 atom stereocenters. The quantitative estimate of drug-likeness (QED) is 0.645. The Balaban J connectivity index is 1.55. The van der Waals surface area contributed by atoms with Gasteiger partial charge in [-0.1, -0.05) is 6.07 Å². The van der Waals surface area contributed by atoms with Crippen LogP contribution in [0.4, 0.5) is 0 Å². The highest BCUT2D eigenvalue weighted by Gasteiger charge is 2.20. The van der Waals surface area contributed by atoms with Crippen LogP contribution >= 0.6 is 0 Å². The average molecular weight is 435 g/mol. The van der Waals surface area contributed by atoms with Crippen molar-refractivity contribution in [1.29, 1.82) is 0 Å². The molecule has 1 aliphatic heterocycles. The SMILES string of the molecule is CCOc1ccc(CNC(=O)CCS(=O)(=O)c2ccc3c(c2)OCCO3)cc1OC. The number of hydrogen-bond donors (Lipinski definition) is 1. The van der Waals surface area contributed by atoms with Crippen LogP contribution < -0.4 is 24.3 Å². The van der Waals surface area contributed by atoms with Crippen LogP contribution in [0.1, 0.15) is 18.9 Å². The molecule has 0 saturated heterocycles. The molecule has 1 amide bonds. The maximum Gasteiger partial charge on any atom is 0.221 e. The smallest absolute Gasteiger partial charge is 0.221 e. The van der Waals surface area contributed by atoms with E-state index in [0.717, 1.165) is 5.56 Å². The van der Waals surface area contributed by atoms with Crippen LogP contribution in [0.15, 0.2) is 41.3 Å². The number of benzene rings is 2. The second-order valence-electron chi connectivity index (χ2n) is 6.57. The van der Waals surface area contributed by atoms with Gasteiger partial charge in [0.2, 0.25) is 5.91 Å². The van der Waals surface area contributed by atoms with E-state index in [1.54, 1.807) is 25.3 Å². The fraction of sp³-hybridized carbons (Fsp3) is 0.381. The minimum absolute atomic E-state index is 0.107. The van der Waals surface area contributed by atoms with E-state index in [4.69, 9.17) is 18.9 Å². The zero-order chi connectivity index (χ0) is 21.6. The molecule has 0 radical (unpaired) electrons. The van der Waals surface area contributed by atoms with Gasteiger partial charge in [-0.15, -0.1) is 0 Å². The normalized spacial score (nSPS) is 12.9. The molecule has 0 fully saturated rings. The first-order chi connectivity index (χ1) is 14.4. The Bertz CT molecular complexity index is 1000. The number of rotatable bonds is 9. The number of nitrogens with one attached hydrogen (secondary N) is 1. The first kappa shape index (κ1) is 21.8. The molecular weight excluding hydrogens is 410 g/mol. The number of amides is 1. The second-order valence-corrected chi connectivity index (χ2v) is 8.68. The fourth-order valence-corrected chi connectivity index (χ4v) is 4.20. The monoisotopic (exact) mass is 435 g/mol. The third-order valence-electron chi connectivity index (χ3n) is 4.49. The summed E-state index contributed by atoms with van der Waals surface area (Å²) in [6.45, 7) is 3.46. The van der Waals surface area contributed by atoms with E-state index >= 15 is 0 Å². The van der Waals surface area contributed by atoms with Gasteiger partial charge in [0, 0.05) is 19.0 Å². The van der Waals surface area contributed by atoms with Gasteiger partial charge >= 0.3 is 0 Å². The largest absolute Gasteiger partial charge is 0.493 e. The summed E-state index contributed by atoms with van der Waals surface area (Å²) in [5, 5.41) is 2.73. The zero-order valence-electron chi connectivity index (χ0n) is 17.0. The molecule has 162 valence electrons. The van der Waals surface area contributed by atoms with E-state index in [2.05, 4.69) is 5.32 Å². The molecule has 0 unspecified atom stereocenters. The van der Waals surface area contributed by atoms with Crippen molar-refractivity contribution >= 4 is 15.7 Å². The Labute approximate surface area is 176 Å². The first-order valence-electron chi connectivity index (χ1n) is 9.61. The molecule has 1 aliphatic rings. The summed E-state index contributed by atoms with van der Waals surface area (Å²) in [4.78, 5) is 12.3. The highest BCUT2D eigenvalue weighted by Crippen LogP contribution is 2.32. The van der Waals surface area contributed by atoms with E-state index < -0.39 is 9.84 Å². The maximum atomic E-state index is 12.6. The van der Waals surface area contributed by atoms with E-state index in [1.165, 1.54) is 12.1 Å². The van der Waals surface area contributed by atoms with Crippen molar-refractivity contribution in [2.75, 3.05) is 32.7 Å². The van der Waals surface area contributed by atoms with Gasteiger partial charge in [0.1, 0.15) is 13.2 Å². The lowest BCUT2D eigenvalue weighted by Gasteiger charge is -2.18. The van der Waals surface area contributed by atoms with Gasteiger partial charge in [0.05, 0.1) is 24.4 Å².